The summed E-state index contributed by atoms with van der Waals surface area (Å²) in [4.78, 5) is 12.7. The van der Waals surface area contributed by atoms with Crippen LogP contribution in [0.25, 0.3) is 10.9 Å². The fourth-order valence-electron chi connectivity index (χ4n) is 3.17. The molecule has 28 heavy (non-hydrogen) atoms. The van der Waals surface area contributed by atoms with E-state index in [1.165, 1.54) is 0 Å². The summed E-state index contributed by atoms with van der Waals surface area (Å²) in [6.07, 6.45) is 3.41. The van der Waals surface area contributed by atoms with Crippen molar-refractivity contribution in [1.82, 2.24) is 15.1 Å². The van der Waals surface area contributed by atoms with Crippen molar-refractivity contribution in [1.29, 1.82) is 0 Å². The van der Waals surface area contributed by atoms with Crippen molar-refractivity contribution in [2.24, 2.45) is 0 Å². The number of benzene rings is 2. The molecule has 4 aromatic rings. The van der Waals surface area contributed by atoms with Gasteiger partial charge in [0.25, 0.3) is 5.91 Å². The zero-order valence-electron chi connectivity index (χ0n) is 15.8. The van der Waals surface area contributed by atoms with Crippen molar-refractivity contribution in [2.45, 2.75) is 19.5 Å². The summed E-state index contributed by atoms with van der Waals surface area (Å²) in [5, 5.41) is 8.42. The summed E-state index contributed by atoms with van der Waals surface area (Å²) in [5.41, 5.74) is 2.56. The zero-order chi connectivity index (χ0) is 19.5. The maximum absolute atomic E-state index is 12.7. The molecule has 4 rings (SSSR count). The summed E-state index contributed by atoms with van der Waals surface area (Å²) in [6.45, 7) is 2.48. The van der Waals surface area contributed by atoms with Crippen molar-refractivity contribution in [2.75, 3.05) is 7.11 Å². The SMILES string of the molecule is COc1cccc(Cn2ncc3ccc(C(=O)N[C@H](C)c4ccco4)cc32)c1. The summed E-state index contributed by atoms with van der Waals surface area (Å²) >= 11 is 0. The minimum Gasteiger partial charge on any atom is -0.497 e. The van der Waals surface area contributed by atoms with E-state index in [-0.39, 0.29) is 11.9 Å². The maximum atomic E-state index is 12.7. The summed E-state index contributed by atoms with van der Waals surface area (Å²) in [6, 6.07) is 16.9. The molecule has 0 fully saturated rings. The van der Waals surface area contributed by atoms with Crippen molar-refractivity contribution in [3.8, 4) is 5.75 Å². The third-order valence-corrected chi connectivity index (χ3v) is 4.69. The molecule has 1 atom stereocenters. The second-order valence-corrected chi connectivity index (χ2v) is 6.64. The zero-order valence-corrected chi connectivity index (χ0v) is 15.8. The highest BCUT2D eigenvalue weighted by Crippen LogP contribution is 2.20. The third-order valence-electron chi connectivity index (χ3n) is 4.69. The molecule has 2 aromatic carbocycles. The molecule has 0 unspecified atom stereocenters. The number of rotatable bonds is 6. The molecule has 0 radical (unpaired) electrons. The molecule has 0 aliphatic rings. The molecule has 6 heteroatoms. The third kappa shape index (κ3) is 3.62. The van der Waals surface area contributed by atoms with Crippen LogP contribution in [-0.2, 0) is 6.54 Å². The van der Waals surface area contributed by atoms with E-state index in [2.05, 4.69) is 10.4 Å². The first-order chi connectivity index (χ1) is 13.6. The average molecular weight is 375 g/mol. The van der Waals surface area contributed by atoms with Gasteiger partial charge in [-0.15, -0.1) is 0 Å². The highest BCUT2D eigenvalue weighted by atomic mass is 16.5. The predicted molar refractivity (Wildman–Crippen MR) is 106 cm³/mol. The molecule has 0 aliphatic carbocycles. The number of hydrogen-bond donors (Lipinski definition) is 1. The first kappa shape index (κ1) is 17.9. The fourth-order valence-corrected chi connectivity index (χ4v) is 3.17. The van der Waals surface area contributed by atoms with Gasteiger partial charge in [0.05, 0.1) is 37.7 Å². The van der Waals surface area contributed by atoms with Crippen LogP contribution in [0.5, 0.6) is 5.75 Å². The Morgan fingerprint density at radius 3 is 2.89 bits per heavy atom. The molecule has 2 heterocycles. The number of methoxy groups -OCH3 is 1. The monoisotopic (exact) mass is 375 g/mol. The molecule has 0 bridgehead atoms. The first-order valence-electron chi connectivity index (χ1n) is 9.07. The second-order valence-electron chi connectivity index (χ2n) is 6.64. The Balaban J connectivity index is 1.58. The van der Waals surface area contributed by atoms with Gasteiger partial charge in [-0.25, -0.2) is 0 Å². The molecule has 1 N–H and O–H groups in total. The lowest BCUT2D eigenvalue weighted by atomic mass is 10.1. The lowest BCUT2D eigenvalue weighted by molar-refractivity contribution is 0.0935. The number of carbonyl (C=O) groups excluding carboxylic acids is 1. The van der Waals surface area contributed by atoms with Crippen LogP contribution in [0.3, 0.4) is 0 Å². The van der Waals surface area contributed by atoms with Gasteiger partial charge in [0.1, 0.15) is 11.5 Å². The lowest BCUT2D eigenvalue weighted by Gasteiger charge is -2.12. The summed E-state index contributed by atoms with van der Waals surface area (Å²) in [7, 11) is 1.65. The molecule has 0 saturated heterocycles. The van der Waals surface area contributed by atoms with E-state index in [0.717, 1.165) is 28.0 Å². The van der Waals surface area contributed by atoms with E-state index in [0.29, 0.717) is 12.1 Å². The van der Waals surface area contributed by atoms with Crippen LogP contribution < -0.4 is 10.1 Å². The van der Waals surface area contributed by atoms with Crippen LogP contribution in [0.4, 0.5) is 0 Å². The van der Waals surface area contributed by atoms with Crippen LogP contribution in [0, 0.1) is 0 Å². The van der Waals surface area contributed by atoms with E-state index in [1.807, 2.05) is 66.3 Å². The largest absolute Gasteiger partial charge is 0.497 e. The predicted octanol–water partition coefficient (Wildman–Crippen LogP) is 4.18. The Morgan fingerprint density at radius 1 is 1.21 bits per heavy atom. The number of furan rings is 1. The van der Waals surface area contributed by atoms with Crippen molar-refractivity contribution in [3.63, 3.8) is 0 Å². The van der Waals surface area contributed by atoms with Gasteiger partial charge < -0.3 is 14.5 Å². The molecule has 6 nitrogen and oxygen atoms in total. The van der Waals surface area contributed by atoms with E-state index < -0.39 is 0 Å². The first-order valence-corrected chi connectivity index (χ1v) is 9.07. The topological polar surface area (TPSA) is 69.3 Å². The summed E-state index contributed by atoms with van der Waals surface area (Å²) in [5.74, 6) is 1.37. The second kappa shape index (κ2) is 7.60. The Kier molecular flexibility index (Phi) is 4.85. The number of nitrogens with one attached hydrogen (secondary N) is 1. The molecule has 0 saturated carbocycles. The molecule has 0 aliphatic heterocycles. The normalized spacial score (nSPS) is 12.1. The van der Waals surface area contributed by atoms with Crippen LogP contribution in [0.1, 0.15) is 34.6 Å². The van der Waals surface area contributed by atoms with Gasteiger partial charge in [-0.05, 0) is 48.9 Å². The molecular formula is C22H21N3O3. The van der Waals surface area contributed by atoms with Gasteiger partial charge in [0, 0.05) is 10.9 Å². The molecule has 0 spiro atoms. The van der Waals surface area contributed by atoms with E-state index in [4.69, 9.17) is 9.15 Å². The molecule has 2 aromatic heterocycles. The average Bonchev–Trinajstić information content (AvgIpc) is 3.38. The number of aromatic nitrogens is 2. The smallest absolute Gasteiger partial charge is 0.251 e. The Morgan fingerprint density at radius 2 is 2.11 bits per heavy atom. The van der Waals surface area contributed by atoms with E-state index in [9.17, 15) is 4.79 Å². The van der Waals surface area contributed by atoms with Gasteiger partial charge in [-0.2, -0.15) is 5.10 Å². The quantitative estimate of drug-likeness (QED) is 0.549. The Bertz CT molecular complexity index is 1100. The lowest BCUT2D eigenvalue weighted by Crippen LogP contribution is -2.26. The minimum atomic E-state index is -0.208. The van der Waals surface area contributed by atoms with Gasteiger partial charge in [-0.1, -0.05) is 18.2 Å². The standard InChI is InChI=1S/C22H21N3O3/c1-15(21-7-4-10-28-21)24-22(26)17-8-9-18-13-23-25(20(18)12-17)14-16-5-3-6-19(11-16)27-2/h3-13,15H,14H2,1-2H3,(H,24,26)/t15-/m1/s1. The van der Waals surface area contributed by atoms with Gasteiger partial charge in [0.15, 0.2) is 0 Å². The van der Waals surface area contributed by atoms with E-state index >= 15 is 0 Å². The van der Waals surface area contributed by atoms with Crippen LogP contribution in [0.15, 0.2) is 71.5 Å². The molecule has 1 amide bonds. The van der Waals surface area contributed by atoms with Gasteiger partial charge >= 0.3 is 0 Å². The van der Waals surface area contributed by atoms with E-state index in [1.54, 1.807) is 19.4 Å². The maximum Gasteiger partial charge on any atom is 0.251 e. The van der Waals surface area contributed by atoms with Crippen molar-refractivity contribution < 1.29 is 13.9 Å². The summed E-state index contributed by atoms with van der Waals surface area (Å²) < 4.78 is 12.5. The number of carbonyl (C=O) groups is 1. The number of fused-ring (bicyclic) bond motifs is 1. The number of ether oxygens (including phenoxy) is 1. The Labute approximate surface area is 162 Å². The fraction of sp³-hybridized carbons (Fsp3) is 0.182. The van der Waals surface area contributed by atoms with Crippen molar-refractivity contribution >= 4 is 16.8 Å². The Hall–Kier alpha value is -3.54. The highest BCUT2D eigenvalue weighted by Gasteiger charge is 2.15. The van der Waals surface area contributed by atoms with Gasteiger partial charge in [0.2, 0.25) is 0 Å². The molecule has 142 valence electrons. The highest BCUT2D eigenvalue weighted by molar-refractivity contribution is 5.98. The van der Waals surface area contributed by atoms with Crippen LogP contribution in [-0.4, -0.2) is 22.8 Å². The molecular weight excluding hydrogens is 354 g/mol. The van der Waals surface area contributed by atoms with Crippen LogP contribution in [0.2, 0.25) is 0 Å². The van der Waals surface area contributed by atoms with Gasteiger partial charge in [-0.3, -0.25) is 9.48 Å². The van der Waals surface area contributed by atoms with Crippen LogP contribution >= 0.6 is 0 Å². The van der Waals surface area contributed by atoms with Crippen molar-refractivity contribution in [3.05, 3.63) is 83.9 Å². The minimum absolute atomic E-state index is 0.153. The number of amides is 1. The number of hydrogen-bond acceptors (Lipinski definition) is 4. The number of nitrogens with zero attached hydrogens (tertiary/aromatic N) is 2.